The molecule has 0 atom stereocenters. The highest BCUT2D eigenvalue weighted by Gasteiger charge is 2.21. The van der Waals surface area contributed by atoms with Gasteiger partial charge in [-0.05, 0) is 36.4 Å². The third-order valence-corrected chi connectivity index (χ3v) is 5.58. The van der Waals surface area contributed by atoms with E-state index in [1.54, 1.807) is 17.5 Å². The minimum atomic E-state index is 0.141. The van der Waals surface area contributed by atoms with Gasteiger partial charge in [-0.2, -0.15) is 0 Å². The molecule has 4 rings (SSSR count). The maximum absolute atomic E-state index is 12.2. The van der Waals surface area contributed by atoms with Crippen LogP contribution in [-0.2, 0) is 11.3 Å². The topological polar surface area (TPSA) is 38.1 Å². The number of pyridine rings is 1. The van der Waals surface area contributed by atoms with Crippen molar-refractivity contribution in [3.63, 3.8) is 0 Å². The van der Waals surface area contributed by atoms with E-state index < -0.39 is 0 Å². The number of amides is 1. The van der Waals surface area contributed by atoms with Crippen LogP contribution in [0.15, 0.2) is 29.9 Å². The third kappa shape index (κ3) is 2.64. The molecule has 0 radical (unpaired) electrons. The molecule has 0 bridgehead atoms. The third-order valence-electron chi connectivity index (χ3n) is 4.20. The normalized spacial score (nSPS) is 14.3. The molecule has 3 aromatic rings. The lowest BCUT2D eigenvalue weighted by atomic mass is 10.2. The fraction of sp³-hybridized carbons (Fsp3) is 0.294. The Bertz CT molecular complexity index is 895. The van der Waals surface area contributed by atoms with Gasteiger partial charge in [-0.3, -0.25) is 9.78 Å². The number of halogens is 1. The molecule has 4 heterocycles. The lowest BCUT2D eigenvalue weighted by molar-refractivity contribution is -0.135. The van der Waals surface area contributed by atoms with E-state index in [0.29, 0.717) is 11.6 Å². The quantitative estimate of drug-likeness (QED) is 0.720. The molecule has 0 aliphatic carbocycles. The number of likely N-dealkylation sites (tertiary alicyclic amines) is 1. The second-order valence-electron chi connectivity index (χ2n) is 5.92. The van der Waals surface area contributed by atoms with Gasteiger partial charge in [0.05, 0.1) is 10.5 Å². The van der Waals surface area contributed by atoms with Gasteiger partial charge in [0.25, 0.3) is 0 Å². The summed E-state index contributed by atoms with van der Waals surface area (Å²) in [6.45, 7) is 4.13. The molecule has 1 aliphatic heterocycles. The van der Waals surface area contributed by atoms with E-state index in [9.17, 15) is 4.79 Å². The number of hydrogen-bond donors (Lipinski definition) is 0. The first-order chi connectivity index (χ1) is 11.1. The Labute approximate surface area is 143 Å². The molecule has 1 fully saturated rings. The van der Waals surface area contributed by atoms with Crippen molar-refractivity contribution < 1.29 is 4.79 Å². The highest BCUT2D eigenvalue weighted by molar-refractivity contribution is 7.13. The molecule has 1 saturated heterocycles. The van der Waals surface area contributed by atoms with Gasteiger partial charge < -0.3 is 9.47 Å². The minimum Gasteiger partial charge on any atom is -0.341 e. The van der Waals surface area contributed by atoms with E-state index in [-0.39, 0.29) is 5.91 Å². The van der Waals surface area contributed by atoms with Crippen LogP contribution in [0.1, 0.15) is 12.0 Å². The molecular weight excluding hydrogens is 330 g/mol. The molecule has 0 saturated carbocycles. The highest BCUT2D eigenvalue weighted by atomic mass is 35.5. The monoisotopic (exact) mass is 345 g/mol. The molecule has 4 nitrogen and oxygen atoms in total. The molecule has 0 spiro atoms. The second-order valence-corrected chi connectivity index (χ2v) is 7.24. The fourth-order valence-electron chi connectivity index (χ4n) is 2.78. The maximum Gasteiger partial charge on any atom is 0.242 e. The summed E-state index contributed by atoms with van der Waals surface area (Å²) in [4.78, 5) is 19.8. The van der Waals surface area contributed by atoms with E-state index in [1.807, 2.05) is 15.7 Å². The van der Waals surface area contributed by atoms with Crippen LogP contribution >= 0.6 is 22.9 Å². The number of fused-ring (bicyclic) bond motifs is 1. The van der Waals surface area contributed by atoms with Gasteiger partial charge in [-0.15, -0.1) is 11.3 Å². The summed E-state index contributed by atoms with van der Waals surface area (Å²) in [5, 5.41) is 2.71. The molecule has 1 aliphatic rings. The SMILES string of the molecule is Cc1csc(-c2cnc3c(Cl)cn(CC(=O)N4CCC4)c3c2)c1. The van der Waals surface area contributed by atoms with Gasteiger partial charge in [-0.25, -0.2) is 0 Å². The van der Waals surface area contributed by atoms with Crippen LogP contribution < -0.4 is 0 Å². The van der Waals surface area contributed by atoms with Gasteiger partial charge in [0.1, 0.15) is 12.1 Å². The molecule has 0 unspecified atom stereocenters. The van der Waals surface area contributed by atoms with Crippen molar-refractivity contribution in [2.75, 3.05) is 13.1 Å². The zero-order valence-corrected chi connectivity index (χ0v) is 14.3. The first kappa shape index (κ1) is 14.7. The van der Waals surface area contributed by atoms with Crippen LogP contribution in [0.3, 0.4) is 0 Å². The summed E-state index contributed by atoms with van der Waals surface area (Å²) in [7, 11) is 0. The summed E-state index contributed by atoms with van der Waals surface area (Å²) in [6.07, 6.45) is 4.75. The van der Waals surface area contributed by atoms with Crippen LogP contribution in [0, 0.1) is 6.92 Å². The fourth-order valence-corrected chi connectivity index (χ4v) is 3.93. The Kier molecular flexibility index (Phi) is 3.62. The maximum atomic E-state index is 12.2. The van der Waals surface area contributed by atoms with Crippen LogP contribution in [0.5, 0.6) is 0 Å². The lowest BCUT2D eigenvalue weighted by Crippen LogP contribution is -2.43. The van der Waals surface area contributed by atoms with Gasteiger partial charge in [0.2, 0.25) is 5.91 Å². The number of hydrogen-bond acceptors (Lipinski definition) is 3. The molecule has 0 N–H and O–H groups in total. The summed E-state index contributed by atoms with van der Waals surface area (Å²) in [5.74, 6) is 0.141. The molecular formula is C17H16ClN3OS. The largest absolute Gasteiger partial charge is 0.341 e. The molecule has 0 aromatic carbocycles. The summed E-state index contributed by atoms with van der Waals surface area (Å²) >= 11 is 7.98. The van der Waals surface area contributed by atoms with Crippen LogP contribution in [0.25, 0.3) is 21.5 Å². The molecule has 3 aromatic heterocycles. The minimum absolute atomic E-state index is 0.141. The number of carbonyl (C=O) groups excluding carboxylic acids is 1. The summed E-state index contributed by atoms with van der Waals surface area (Å²) in [5.41, 5.74) is 3.96. The first-order valence-electron chi connectivity index (χ1n) is 7.59. The van der Waals surface area contributed by atoms with Crippen molar-refractivity contribution in [2.45, 2.75) is 19.9 Å². The lowest BCUT2D eigenvalue weighted by Gasteiger charge is -2.31. The Balaban J connectivity index is 1.73. The van der Waals surface area contributed by atoms with Crippen molar-refractivity contribution in [2.24, 2.45) is 0 Å². The predicted octanol–water partition coefficient (Wildman–Crippen LogP) is 3.96. The Morgan fingerprint density at radius 2 is 2.22 bits per heavy atom. The highest BCUT2D eigenvalue weighted by Crippen LogP contribution is 2.31. The van der Waals surface area contributed by atoms with Crippen LogP contribution in [0.2, 0.25) is 5.02 Å². The number of carbonyl (C=O) groups is 1. The average Bonchev–Trinajstić information content (AvgIpc) is 3.02. The number of rotatable bonds is 3. The summed E-state index contributed by atoms with van der Waals surface area (Å²) < 4.78 is 1.91. The standard InChI is InChI=1S/C17H16ClN3OS/c1-11-5-15(23-10-11)12-6-14-17(19-7-12)13(18)8-21(14)9-16(22)20-3-2-4-20/h5-8,10H,2-4,9H2,1H3. The van der Waals surface area contributed by atoms with E-state index in [2.05, 4.69) is 29.4 Å². The number of thiophene rings is 1. The van der Waals surface area contributed by atoms with Crippen molar-refractivity contribution >= 4 is 39.9 Å². The number of aryl methyl sites for hydroxylation is 1. The molecule has 118 valence electrons. The average molecular weight is 346 g/mol. The predicted molar refractivity (Wildman–Crippen MR) is 94.0 cm³/mol. The first-order valence-corrected chi connectivity index (χ1v) is 8.85. The van der Waals surface area contributed by atoms with Crippen molar-refractivity contribution in [3.8, 4) is 10.4 Å². The Morgan fingerprint density at radius 3 is 2.87 bits per heavy atom. The molecule has 1 amide bonds. The van der Waals surface area contributed by atoms with Crippen molar-refractivity contribution in [1.29, 1.82) is 0 Å². The van der Waals surface area contributed by atoms with Gasteiger partial charge in [0, 0.05) is 35.9 Å². The van der Waals surface area contributed by atoms with E-state index in [0.717, 1.165) is 36.1 Å². The number of nitrogens with zero attached hydrogens (tertiary/aromatic N) is 3. The molecule has 6 heteroatoms. The van der Waals surface area contributed by atoms with E-state index in [1.165, 1.54) is 10.4 Å². The Morgan fingerprint density at radius 1 is 1.39 bits per heavy atom. The number of aromatic nitrogens is 2. The zero-order valence-electron chi connectivity index (χ0n) is 12.8. The van der Waals surface area contributed by atoms with Crippen LogP contribution in [-0.4, -0.2) is 33.4 Å². The summed E-state index contributed by atoms with van der Waals surface area (Å²) in [6, 6.07) is 4.22. The molecule has 23 heavy (non-hydrogen) atoms. The smallest absolute Gasteiger partial charge is 0.242 e. The van der Waals surface area contributed by atoms with Gasteiger partial charge in [0.15, 0.2) is 0 Å². The van der Waals surface area contributed by atoms with Gasteiger partial charge >= 0.3 is 0 Å². The Hall–Kier alpha value is -1.85. The van der Waals surface area contributed by atoms with Crippen molar-refractivity contribution in [3.05, 3.63) is 40.5 Å². The van der Waals surface area contributed by atoms with Crippen LogP contribution in [0.4, 0.5) is 0 Å². The zero-order chi connectivity index (χ0) is 16.0. The van der Waals surface area contributed by atoms with E-state index >= 15 is 0 Å². The van der Waals surface area contributed by atoms with Gasteiger partial charge in [-0.1, -0.05) is 11.6 Å². The van der Waals surface area contributed by atoms with E-state index in [4.69, 9.17) is 11.6 Å². The second kappa shape index (κ2) is 5.65. The van der Waals surface area contributed by atoms with Crippen molar-refractivity contribution in [1.82, 2.24) is 14.5 Å².